The van der Waals surface area contributed by atoms with Crippen LogP contribution in [-0.4, -0.2) is 61.0 Å². The van der Waals surface area contributed by atoms with Crippen molar-refractivity contribution in [3.05, 3.63) is 58.3 Å². The Bertz CT molecular complexity index is 1160. The summed E-state index contributed by atoms with van der Waals surface area (Å²) in [5, 5.41) is 3.43. The average molecular weight is 507 g/mol. The first-order valence-corrected chi connectivity index (χ1v) is 14.1. The Morgan fingerprint density at radius 3 is 2.95 bits per heavy atom. The van der Waals surface area contributed by atoms with Crippen LogP contribution in [0.25, 0.3) is 0 Å². The second kappa shape index (κ2) is 10.0. The van der Waals surface area contributed by atoms with Gasteiger partial charge in [0.1, 0.15) is 31.1 Å². The lowest BCUT2D eigenvalue weighted by atomic mass is 9.83. The van der Waals surface area contributed by atoms with Crippen LogP contribution in [0.3, 0.4) is 0 Å². The van der Waals surface area contributed by atoms with Gasteiger partial charge < -0.3 is 19.5 Å². The maximum Gasteiger partial charge on any atom is 0.370 e. The van der Waals surface area contributed by atoms with Crippen LogP contribution in [0, 0.1) is 0 Å². The molecule has 2 unspecified atom stereocenters. The van der Waals surface area contributed by atoms with Crippen LogP contribution in [-0.2, 0) is 44.0 Å². The minimum absolute atomic E-state index is 0.115. The number of aryl methyl sites for hydroxylation is 2. The molecule has 1 aromatic heterocycles. The van der Waals surface area contributed by atoms with Crippen molar-refractivity contribution in [3.8, 4) is 0 Å². The number of carbonyl (C=O) groups is 1. The van der Waals surface area contributed by atoms with Crippen LogP contribution in [0.4, 0.5) is 5.82 Å². The summed E-state index contributed by atoms with van der Waals surface area (Å²) in [7, 11) is 0. The summed E-state index contributed by atoms with van der Waals surface area (Å²) in [5.41, 5.74) is 5.94. The quantitative estimate of drug-likeness (QED) is 0.308. The number of carbonyl (C=O) groups excluding carboxylic acids is 1. The van der Waals surface area contributed by atoms with Crippen LogP contribution >= 0.6 is 0 Å². The van der Waals surface area contributed by atoms with Crippen molar-refractivity contribution in [2.24, 2.45) is 0 Å². The fourth-order valence-corrected chi connectivity index (χ4v) is 7.24. The highest BCUT2D eigenvalue weighted by Crippen LogP contribution is 2.59. The number of hydrogen-bond donors (Lipinski definition) is 1. The molecule has 1 saturated heterocycles. The molecule has 0 saturated carbocycles. The number of esters is 1. The maximum atomic E-state index is 13.3. The van der Waals surface area contributed by atoms with Gasteiger partial charge in [-0.2, -0.15) is 0 Å². The first kappa shape index (κ1) is 24.8. The van der Waals surface area contributed by atoms with E-state index in [4.69, 9.17) is 19.2 Å². The number of anilines is 1. The molecule has 5 heterocycles. The van der Waals surface area contributed by atoms with Crippen LogP contribution in [0.1, 0.15) is 73.5 Å². The van der Waals surface area contributed by atoms with E-state index < -0.39 is 0 Å². The predicted octanol–water partition coefficient (Wildman–Crippen LogP) is 4.43. The van der Waals surface area contributed by atoms with Gasteiger partial charge in [-0.1, -0.05) is 30.7 Å². The Morgan fingerprint density at radius 2 is 2.08 bits per heavy atom. The zero-order valence-corrected chi connectivity index (χ0v) is 22.3. The number of rotatable bonds is 9. The van der Waals surface area contributed by atoms with Crippen molar-refractivity contribution in [1.29, 1.82) is 0 Å². The van der Waals surface area contributed by atoms with Crippen molar-refractivity contribution in [3.63, 3.8) is 0 Å². The van der Waals surface area contributed by atoms with Crippen molar-refractivity contribution in [2.45, 2.75) is 76.7 Å². The number of pyridine rings is 1. The Morgan fingerprint density at radius 1 is 1.19 bits per heavy atom. The molecular formula is C30H40N3O4+. The molecule has 37 heavy (non-hydrogen) atoms. The summed E-state index contributed by atoms with van der Waals surface area (Å²) in [6.07, 6.45) is 6.81. The third kappa shape index (κ3) is 4.16. The van der Waals surface area contributed by atoms with E-state index in [1.165, 1.54) is 28.8 Å². The molecule has 4 aliphatic heterocycles. The van der Waals surface area contributed by atoms with Gasteiger partial charge >= 0.3 is 5.97 Å². The van der Waals surface area contributed by atoms with Gasteiger partial charge in [0.15, 0.2) is 6.10 Å². The molecule has 1 N–H and O–H groups in total. The van der Waals surface area contributed by atoms with Gasteiger partial charge in [0.25, 0.3) is 0 Å². The largest absolute Gasteiger partial charge is 0.461 e. The van der Waals surface area contributed by atoms with Crippen molar-refractivity contribution >= 4 is 11.8 Å². The third-order valence-electron chi connectivity index (χ3n) is 9.09. The normalized spacial score (nSPS) is 29.2. The number of benzene rings is 1. The van der Waals surface area contributed by atoms with Gasteiger partial charge in [-0.15, -0.1) is 0 Å². The van der Waals surface area contributed by atoms with Gasteiger partial charge in [-0.3, -0.25) is 4.48 Å². The maximum absolute atomic E-state index is 13.3. The van der Waals surface area contributed by atoms with Crippen LogP contribution in [0.2, 0.25) is 0 Å². The number of fused-ring (bicyclic) bond motifs is 2. The third-order valence-corrected chi connectivity index (χ3v) is 9.09. The molecule has 0 bridgehead atoms. The molecule has 6 rings (SSSR count). The zero-order chi connectivity index (χ0) is 25.5. The summed E-state index contributed by atoms with van der Waals surface area (Å²) in [5.74, 6) is 0.972. The molecular weight excluding hydrogens is 466 g/mol. The number of nitrogens with one attached hydrogen (secondary N) is 1. The Kier molecular flexibility index (Phi) is 6.72. The van der Waals surface area contributed by atoms with E-state index >= 15 is 0 Å². The van der Waals surface area contributed by atoms with Gasteiger partial charge in [-0.25, -0.2) is 9.78 Å². The molecule has 0 aliphatic carbocycles. The number of ether oxygens (including phenoxy) is 3. The minimum Gasteiger partial charge on any atom is -0.461 e. The highest BCUT2D eigenvalue weighted by atomic mass is 16.5. The molecule has 0 radical (unpaired) electrons. The fraction of sp³-hybridized carbons (Fsp3) is 0.600. The van der Waals surface area contributed by atoms with E-state index in [0.29, 0.717) is 24.3 Å². The second-order valence-electron chi connectivity index (χ2n) is 11.3. The van der Waals surface area contributed by atoms with E-state index in [1.54, 1.807) is 0 Å². The number of hydrogen-bond acceptors (Lipinski definition) is 6. The summed E-state index contributed by atoms with van der Waals surface area (Å²) in [6.45, 7) is 9.24. The van der Waals surface area contributed by atoms with Gasteiger partial charge in [0, 0.05) is 30.0 Å². The monoisotopic (exact) mass is 506 g/mol. The minimum atomic E-state index is -0.292. The first-order chi connectivity index (χ1) is 18.1. The molecule has 1 fully saturated rings. The lowest BCUT2D eigenvalue weighted by Gasteiger charge is -2.58. The number of nitrogens with zero attached hydrogens (tertiary/aromatic N) is 2. The molecule has 4 aliphatic rings. The summed E-state index contributed by atoms with van der Waals surface area (Å²) < 4.78 is 18.7. The van der Waals surface area contributed by atoms with Gasteiger partial charge in [-0.05, 0) is 63.1 Å². The Labute approximate surface area is 220 Å². The number of unbranched alkanes of at least 4 members (excludes halogenated alkanes) is 2. The Hall–Kier alpha value is -2.48. The number of aromatic nitrogens is 1. The fourth-order valence-electron chi connectivity index (χ4n) is 7.24. The molecule has 0 amide bonds. The van der Waals surface area contributed by atoms with E-state index in [1.807, 2.05) is 6.92 Å². The molecule has 7 nitrogen and oxygen atoms in total. The van der Waals surface area contributed by atoms with E-state index in [2.05, 4.69) is 42.6 Å². The van der Waals surface area contributed by atoms with E-state index in [9.17, 15) is 4.79 Å². The molecule has 1 spiro atoms. The lowest BCUT2D eigenvalue weighted by molar-refractivity contribution is -1.03. The summed E-state index contributed by atoms with van der Waals surface area (Å²) >= 11 is 0. The average Bonchev–Trinajstić information content (AvgIpc) is 3.12. The summed E-state index contributed by atoms with van der Waals surface area (Å²) in [6, 6.07) is 10.5. The molecule has 7 heteroatoms. The molecule has 198 valence electrons. The van der Waals surface area contributed by atoms with E-state index in [-0.39, 0.29) is 23.7 Å². The smallest absolute Gasteiger partial charge is 0.370 e. The van der Waals surface area contributed by atoms with Gasteiger partial charge in [0.05, 0.1) is 13.2 Å². The predicted molar refractivity (Wildman–Crippen MR) is 141 cm³/mol. The Balaban J connectivity index is 1.03. The highest BCUT2D eigenvalue weighted by molar-refractivity contribution is 5.79. The van der Waals surface area contributed by atoms with Crippen molar-refractivity contribution in [1.82, 2.24) is 4.98 Å². The van der Waals surface area contributed by atoms with Crippen LogP contribution < -0.4 is 5.32 Å². The topological polar surface area (TPSA) is 69.7 Å². The lowest BCUT2D eigenvalue weighted by Crippen LogP contribution is -2.75. The van der Waals surface area contributed by atoms with Crippen LogP contribution in [0.5, 0.6) is 0 Å². The summed E-state index contributed by atoms with van der Waals surface area (Å²) in [4.78, 5) is 18.1. The van der Waals surface area contributed by atoms with Crippen LogP contribution in [0.15, 0.2) is 30.3 Å². The zero-order valence-electron chi connectivity index (χ0n) is 22.3. The highest BCUT2D eigenvalue weighted by Gasteiger charge is 2.70. The van der Waals surface area contributed by atoms with Gasteiger partial charge in [0.2, 0.25) is 6.04 Å². The SMILES string of the molecule is CCOC(=O)C1c2cccc3c2C(C)(COC3)[N+]12CC(OCCCCCc1ccc3c(n1)NCCC3)C2. The van der Waals surface area contributed by atoms with Crippen molar-refractivity contribution < 1.29 is 23.5 Å². The van der Waals surface area contributed by atoms with Crippen molar-refractivity contribution in [2.75, 3.05) is 44.8 Å². The molecule has 1 aromatic carbocycles. The first-order valence-electron chi connectivity index (χ1n) is 14.1. The standard InChI is InChI=1S/C30H40N3O4/c1-3-36-29(34)27-25-12-7-9-22-19-35-20-30(2,26(22)25)33(27)17-24(18-33)37-16-6-4-5-11-23-14-13-21-10-8-15-31-28(21)32-23/h7,9,12-14,24,27H,3-6,8,10-11,15-20H2,1-2H3,(H,31,32)/q+1. The number of quaternary nitrogens is 1. The molecule has 2 atom stereocenters. The molecule has 2 aromatic rings. The second-order valence-corrected chi connectivity index (χ2v) is 11.3. The van der Waals surface area contributed by atoms with E-state index in [0.717, 1.165) is 69.7 Å².